The van der Waals surface area contributed by atoms with Crippen LogP contribution in [0.15, 0.2) is 104 Å². The highest BCUT2D eigenvalue weighted by Gasteiger charge is 2.17. The number of imidazole rings is 2. The predicted molar refractivity (Wildman–Crippen MR) is 148 cm³/mol. The van der Waals surface area contributed by atoms with Gasteiger partial charge < -0.3 is 0 Å². The van der Waals surface area contributed by atoms with Gasteiger partial charge in [0.15, 0.2) is 0 Å². The average molecular weight is 475 g/mol. The summed E-state index contributed by atoms with van der Waals surface area (Å²) < 4.78 is 3.67. The maximum atomic E-state index is 12.3. The van der Waals surface area contributed by atoms with Crippen molar-refractivity contribution in [2.75, 3.05) is 0 Å². The van der Waals surface area contributed by atoms with Gasteiger partial charge in [-0.25, -0.2) is 9.97 Å². The van der Waals surface area contributed by atoms with Gasteiger partial charge in [0, 0.05) is 41.1 Å². The molecule has 5 nitrogen and oxygen atoms in total. The molecule has 0 saturated carbocycles. The standard InChI is InChI=1S/C29H24N4O.C2H6/c1-20(2)33-27(18-30-28(33)22-11-6-4-7-12-22)25-16-10-15-24(17-25)26-19-32(21(3)34)29(31-26)23-13-8-5-9-14-23;1-2/h4-19H,1H2,2-3H3;1-2H3. The lowest BCUT2D eigenvalue weighted by atomic mass is 10.1. The minimum absolute atomic E-state index is 0.0818. The van der Waals surface area contributed by atoms with Crippen LogP contribution in [0.4, 0.5) is 0 Å². The summed E-state index contributed by atoms with van der Waals surface area (Å²) in [5.41, 5.74) is 6.40. The molecule has 36 heavy (non-hydrogen) atoms. The van der Waals surface area contributed by atoms with Crippen molar-refractivity contribution in [3.63, 3.8) is 0 Å². The Labute approximate surface area is 212 Å². The van der Waals surface area contributed by atoms with Crippen molar-refractivity contribution in [2.45, 2.75) is 27.7 Å². The molecule has 0 aliphatic heterocycles. The lowest BCUT2D eigenvalue weighted by Gasteiger charge is -2.12. The Morgan fingerprint density at radius 3 is 1.89 bits per heavy atom. The normalized spacial score (nSPS) is 10.4. The molecule has 0 N–H and O–H groups in total. The van der Waals surface area contributed by atoms with E-state index in [4.69, 9.17) is 9.97 Å². The number of carbonyl (C=O) groups is 1. The zero-order valence-electron chi connectivity index (χ0n) is 21.1. The van der Waals surface area contributed by atoms with Gasteiger partial charge in [-0.15, -0.1) is 0 Å². The molecule has 0 radical (unpaired) electrons. The molecule has 0 saturated heterocycles. The van der Waals surface area contributed by atoms with E-state index in [1.165, 1.54) is 0 Å². The highest BCUT2D eigenvalue weighted by Crippen LogP contribution is 2.32. The van der Waals surface area contributed by atoms with Crippen LogP contribution in [0, 0.1) is 0 Å². The summed E-state index contributed by atoms with van der Waals surface area (Å²) in [5, 5.41) is 0. The van der Waals surface area contributed by atoms with Crippen molar-refractivity contribution >= 4 is 11.6 Å². The second-order valence-electron chi connectivity index (χ2n) is 8.19. The van der Waals surface area contributed by atoms with Crippen LogP contribution >= 0.6 is 0 Å². The Balaban J connectivity index is 0.00000148. The summed E-state index contributed by atoms with van der Waals surface area (Å²) >= 11 is 0. The molecule has 0 spiro atoms. The lowest BCUT2D eigenvalue weighted by Crippen LogP contribution is -2.05. The number of allylic oxidation sites excluding steroid dienone is 1. The number of hydrogen-bond acceptors (Lipinski definition) is 3. The number of nitrogens with zero attached hydrogens (tertiary/aromatic N) is 4. The molecule has 2 aromatic heterocycles. The van der Waals surface area contributed by atoms with Crippen molar-refractivity contribution in [1.82, 2.24) is 19.1 Å². The van der Waals surface area contributed by atoms with Crippen LogP contribution in [-0.2, 0) is 0 Å². The van der Waals surface area contributed by atoms with Crippen molar-refractivity contribution in [1.29, 1.82) is 0 Å². The van der Waals surface area contributed by atoms with Crippen LogP contribution in [0.3, 0.4) is 0 Å². The van der Waals surface area contributed by atoms with Gasteiger partial charge in [-0.1, -0.05) is 99.3 Å². The zero-order chi connectivity index (χ0) is 25.7. The van der Waals surface area contributed by atoms with Crippen molar-refractivity contribution < 1.29 is 4.79 Å². The zero-order valence-corrected chi connectivity index (χ0v) is 21.1. The maximum Gasteiger partial charge on any atom is 0.229 e. The Kier molecular flexibility index (Phi) is 7.40. The highest BCUT2D eigenvalue weighted by molar-refractivity contribution is 5.84. The van der Waals surface area contributed by atoms with Crippen molar-refractivity contribution in [3.8, 4) is 45.3 Å². The molecule has 0 atom stereocenters. The minimum Gasteiger partial charge on any atom is -0.297 e. The van der Waals surface area contributed by atoms with Gasteiger partial charge in [0.25, 0.3) is 0 Å². The number of carbonyl (C=O) groups excluding carboxylic acids is 1. The van der Waals surface area contributed by atoms with Gasteiger partial charge in [-0.3, -0.25) is 13.9 Å². The molecule has 0 amide bonds. The van der Waals surface area contributed by atoms with E-state index in [1.54, 1.807) is 17.7 Å². The largest absolute Gasteiger partial charge is 0.297 e. The van der Waals surface area contributed by atoms with Crippen LogP contribution in [0.5, 0.6) is 0 Å². The monoisotopic (exact) mass is 474 g/mol. The van der Waals surface area contributed by atoms with E-state index in [2.05, 4.69) is 23.3 Å². The van der Waals surface area contributed by atoms with Gasteiger partial charge in [0.05, 0.1) is 17.6 Å². The lowest BCUT2D eigenvalue weighted by molar-refractivity contribution is 0.0938. The van der Waals surface area contributed by atoms with E-state index in [1.807, 2.05) is 99.8 Å². The van der Waals surface area contributed by atoms with Gasteiger partial charge in [-0.05, 0) is 13.0 Å². The fourth-order valence-electron chi connectivity index (χ4n) is 4.12. The summed E-state index contributed by atoms with van der Waals surface area (Å²) in [7, 11) is 0. The molecule has 180 valence electrons. The molecule has 3 aromatic carbocycles. The minimum atomic E-state index is -0.0818. The van der Waals surface area contributed by atoms with Crippen LogP contribution in [0.25, 0.3) is 51.0 Å². The van der Waals surface area contributed by atoms with Crippen molar-refractivity contribution in [3.05, 3.63) is 104 Å². The molecule has 5 aromatic rings. The average Bonchev–Trinajstić information content (AvgIpc) is 3.57. The van der Waals surface area contributed by atoms with Crippen molar-refractivity contribution in [2.24, 2.45) is 0 Å². The molecule has 0 fully saturated rings. The summed E-state index contributed by atoms with van der Waals surface area (Å²) in [6, 6.07) is 28.0. The topological polar surface area (TPSA) is 52.7 Å². The summed E-state index contributed by atoms with van der Waals surface area (Å²) in [6.07, 6.45) is 3.68. The van der Waals surface area contributed by atoms with Crippen LogP contribution in [0.1, 0.15) is 32.5 Å². The Morgan fingerprint density at radius 1 is 0.750 bits per heavy atom. The molecule has 0 aliphatic carbocycles. The number of aromatic nitrogens is 4. The van der Waals surface area contributed by atoms with Crippen LogP contribution < -0.4 is 0 Å². The Hall–Kier alpha value is -4.51. The van der Waals surface area contributed by atoms with E-state index in [9.17, 15) is 4.79 Å². The summed E-state index contributed by atoms with van der Waals surface area (Å²) in [6.45, 7) is 11.7. The van der Waals surface area contributed by atoms with Gasteiger partial charge in [-0.2, -0.15) is 0 Å². The predicted octanol–water partition coefficient (Wildman–Crippen LogP) is 7.92. The first-order valence-corrected chi connectivity index (χ1v) is 12.1. The molecule has 5 heteroatoms. The first kappa shape index (κ1) is 24.6. The van der Waals surface area contributed by atoms with E-state index in [0.717, 1.165) is 45.2 Å². The van der Waals surface area contributed by atoms with E-state index in [0.29, 0.717) is 5.82 Å². The molecular weight excluding hydrogens is 444 g/mol. The smallest absolute Gasteiger partial charge is 0.229 e. The molecule has 5 rings (SSSR count). The molecule has 2 heterocycles. The third-order valence-corrected chi connectivity index (χ3v) is 5.71. The first-order valence-electron chi connectivity index (χ1n) is 12.1. The van der Waals surface area contributed by atoms with Gasteiger partial charge in [0.2, 0.25) is 5.91 Å². The van der Waals surface area contributed by atoms with Gasteiger partial charge in [0.1, 0.15) is 11.6 Å². The third kappa shape index (κ3) is 4.82. The Morgan fingerprint density at radius 2 is 1.31 bits per heavy atom. The fourth-order valence-corrected chi connectivity index (χ4v) is 4.12. The number of benzene rings is 3. The van der Waals surface area contributed by atoms with E-state index >= 15 is 0 Å². The molecule has 0 bridgehead atoms. The Bertz CT molecular complexity index is 1490. The first-order chi connectivity index (χ1) is 17.5. The fraction of sp³-hybridized carbons (Fsp3) is 0.129. The quantitative estimate of drug-likeness (QED) is 0.260. The second kappa shape index (κ2) is 10.8. The summed E-state index contributed by atoms with van der Waals surface area (Å²) in [5.74, 6) is 1.40. The van der Waals surface area contributed by atoms with Gasteiger partial charge >= 0.3 is 0 Å². The SMILES string of the molecule is C=C(C)n1c(-c2cccc(-c3cn(C(C)=O)c(-c4ccccc4)n3)c2)cnc1-c1ccccc1.CC. The number of hydrogen-bond donors (Lipinski definition) is 0. The molecular formula is C31H30N4O. The molecule has 0 aliphatic rings. The van der Waals surface area contributed by atoms with Crippen LogP contribution in [-0.4, -0.2) is 25.0 Å². The summed E-state index contributed by atoms with van der Waals surface area (Å²) in [4.78, 5) is 21.9. The third-order valence-electron chi connectivity index (χ3n) is 5.71. The van der Waals surface area contributed by atoms with E-state index in [-0.39, 0.29) is 5.91 Å². The van der Waals surface area contributed by atoms with Crippen LogP contribution in [0.2, 0.25) is 0 Å². The molecule has 0 unspecified atom stereocenters. The number of rotatable bonds is 5. The second-order valence-corrected chi connectivity index (χ2v) is 8.19. The van der Waals surface area contributed by atoms with E-state index < -0.39 is 0 Å². The maximum absolute atomic E-state index is 12.3. The highest BCUT2D eigenvalue weighted by atomic mass is 16.1.